The predicted molar refractivity (Wildman–Crippen MR) is 80.6 cm³/mol. The molecule has 0 atom stereocenters. The maximum Gasteiger partial charge on any atom is 0.283 e. The zero-order valence-electron chi connectivity index (χ0n) is 10.8. The highest BCUT2D eigenvalue weighted by molar-refractivity contribution is 7.13. The third-order valence-electron chi connectivity index (χ3n) is 3.16. The highest BCUT2D eigenvalue weighted by atomic mass is 32.1. The second-order valence-electron chi connectivity index (χ2n) is 4.44. The Balaban J connectivity index is 1.75. The predicted octanol–water partition coefficient (Wildman–Crippen LogP) is 0.529. The largest absolute Gasteiger partial charge is 0.394 e. The van der Waals surface area contributed by atoms with Crippen LogP contribution in [0.15, 0.2) is 36.4 Å². The van der Waals surface area contributed by atoms with Crippen LogP contribution in [0, 0.1) is 0 Å². The molecule has 0 radical (unpaired) electrons. The van der Waals surface area contributed by atoms with E-state index in [1.165, 1.54) is 11.3 Å². The molecule has 3 rings (SSSR count). The number of H-pyrrole nitrogens is 1. The van der Waals surface area contributed by atoms with Crippen molar-refractivity contribution in [3.63, 3.8) is 0 Å². The number of thiophene rings is 1. The summed E-state index contributed by atoms with van der Waals surface area (Å²) in [4.78, 5) is 34.8. The lowest BCUT2D eigenvalue weighted by Crippen LogP contribution is -2.37. The fraction of sp³-hybridized carbons (Fsp3) is 0.154. The number of nitrogen functional groups attached to an aromatic ring is 1. The van der Waals surface area contributed by atoms with Gasteiger partial charge in [-0.2, -0.15) is 5.16 Å². The minimum Gasteiger partial charge on any atom is -0.394 e. The minimum atomic E-state index is -0.669. The summed E-state index contributed by atoms with van der Waals surface area (Å²) in [7, 11) is 0. The van der Waals surface area contributed by atoms with Crippen molar-refractivity contribution >= 4 is 22.7 Å². The molecule has 21 heavy (non-hydrogen) atoms. The molecule has 108 valence electrons. The van der Waals surface area contributed by atoms with Crippen LogP contribution in [-0.4, -0.2) is 11.7 Å². The van der Waals surface area contributed by atoms with Crippen molar-refractivity contribution < 1.29 is 4.52 Å². The lowest BCUT2D eigenvalue weighted by atomic mass is 10.1. The van der Waals surface area contributed by atoms with Gasteiger partial charge in [-0.05, 0) is 17.9 Å². The zero-order chi connectivity index (χ0) is 15.0. The van der Waals surface area contributed by atoms with Gasteiger partial charge in [0, 0.05) is 6.54 Å². The summed E-state index contributed by atoms with van der Waals surface area (Å²) in [6.07, 6.45) is 0.345. The Morgan fingerprint density at radius 3 is 2.76 bits per heavy atom. The van der Waals surface area contributed by atoms with Crippen molar-refractivity contribution in [2.24, 2.45) is 0 Å². The van der Waals surface area contributed by atoms with Gasteiger partial charge in [0.05, 0.1) is 10.4 Å². The fourth-order valence-corrected chi connectivity index (χ4v) is 2.79. The highest BCUT2D eigenvalue weighted by Gasteiger charge is 2.19. The molecule has 0 saturated carbocycles. The van der Waals surface area contributed by atoms with Crippen LogP contribution in [0.25, 0.3) is 10.6 Å². The molecular formula is C13H11N3O4S. The minimum absolute atomic E-state index is 0.0559. The summed E-state index contributed by atoms with van der Waals surface area (Å²) in [5.74, 6) is 0.495. The van der Waals surface area contributed by atoms with E-state index < -0.39 is 10.9 Å². The molecule has 8 heteroatoms. The fourth-order valence-electron chi connectivity index (χ4n) is 2.05. The number of hydrogen-bond acceptors (Lipinski definition) is 7. The highest BCUT2D eigenvalue weighted by Crippen LogP contribution is 2.26. The molecule has 0 aliphatic carbocycles. The van der Waals surface area contributed by atoms with Crippen LogP contribution < -0.4 is 27.5 Å². The molecule has 1 aromatic carbocycles. The molecule has 0 saturated heterocycles. The Labute approximate surface area is 121 Å². The van der Waals surface area contributed by atoms with Gasteiger partial charge >= 0.3 is 0 Å². The number of anilines is 2. The van der Waals surface area contributed by atoms with Gasteiger partial charge in [0.1, 0.15) is 11.4 Å². The summed E-state index contributed by atoms with van der Waals surface area (Å²) in [5.41, 5.74) is 4.38. The summed E-state index contributed by atoms with van der Waals surface area (Å²) in [6, 6.07) is 3.71. The first-order valence-electron chi connectivity index (χ1n) is 6.16. The van der Waals surface area contributed by atoms with Gasteiger partial charge in [0.2, 0.25) is 0 Å². The molecule has 0 amide bonds. The third kappa shape index (κ3) is 2.19. The van der Waals surface area contributed by atoms with Gasteiger partial charge in [-0.15, -0.1) is 11.3 Å². The number of nitrogens with two attached hydrogens (primary N) is 1. The topological polar surface area (TPSA) is 118 Å². The van der Waals surface area contributed by atoms with Crippen molar-refractivity contribution in [2.75, 3.05) is 17.6 Å². The van der Waals surface area contributed by atoms with E-state index in [4.69, 9.17) is 10.3 Å². The van der Waals surface area contributed by atoms with Crippen molar-refractivity contribution in [1.29, 1.82) is 0 Å². The van der Waals surface area contributed by atoms with Gasteiger partial charge in [-0.1, -0.05) is 6.07 Å². The van der Waals surface area contributed by atoms with Gasteiger partial charge < -0.3 is 15.6 Å². The lowest BCUT2D eigenvalue weighted by Gasteiger charge is -2.08. The second-order valence-corrected chi connectivity index (χ2v) is 5.39. The van der Waals surface area contributed by atoms with E-state index >= 15 is 0 Å². The summed E-state index contributed by atoms with van der Waals surface area (Å²) in [6.45, 7) is 0.302. The van der Waals surface area contributed by atoms with Gasteiger partial charge in [0.15, 0.2) is 5.76 Å². The van der Waals surface area contributed by atoms with E-state index in [9.17, 15) is 14.4 Å². The van der Waals surface area contributed by atoms with Gasteiger partial charge in [-0.3, -0.25) is 14.4 Å². The maximum atomic E-state index is 11.7. The van der Waals surface area contributed by atoms with Crippen LogP contribution in [0.5, 0.6) is 0 Å². The number of hydrogen-bond donors (Lipinski definition) is 3. The lowest BCUT2D eigenvalue weighted by molar-refractivity contribution is 0.426. The van der Waals surface area contributed by atoms with Crippen LogP contribution in [0.2, 0.25) is 0 Å². The van der Waals surface area contributed by atoms with Crippen molar-refractivity contribution in [3.8, 4) is 10.6 Å². The molecule has 0 aliphatic heterocycles. The molecule has 4 N–H and O–H groups in total. The van der Waals surface area contributed by atoms with Crippen LogP contribution in [0.4, 0.5) is 11.4 Å². The van der Waals surface area contributed by atoms with E-state index in [0.717, 1.165) is 4.88 Å². The van der Waals surface area contributed by atoms with E-state index in [2.05, 4.69) is 10.5 Å². The first-order valence-corrected chi connectivity index (χ1v) is 7.04. The van der Waals surface area contributed by atoms with Crippen molar-refractivity contribution in [3.05, 3.63) is 53.9 Å². The molecule has 0 spiro atoms. The quantitative estimate of drug-likeness (QED) is 0.592. The Hall–Kier alpha value is -2.61. The molecule has 3 aromatic rings. The van der Waals surface area contributed by atoms with Crippen LogP contribution in [-0.2, 0) is 6.42 Å². The Bertz CT molecular complexity index is 897. The molecule has 0 unspecified atom stereocenters. The molecule has 0 bridgehead atoms. The van der Waals surface area contributed by atoms with E-state index in [-0.39, 0.29) is 16.9 Å². The van der Waals surface area contributed by atoms with Crippen molar-refractivity contribution in [1.82, 2.24) is 5.16 Å². The number of rotatable bonds is 5. The Morgan fingerprint density at radius 1 is 1.29 bits per heavy atom. The second kappa shape index (κ2) is 5.06. The first-order chi connectivity index (χ1) is 10.1. The first kappa shape index (κ1) is 13.4. The third-order valence-corrected chi connectivity index (χ3v) is 4.03. The Kier molecular flexibility index (Phi) is 3.22. The van der Waals surface area contributed by atoms with Crippen LogP contribution in [0.1, 0.15) is 5.56 Å². The van der Waals surface area contributed by atoms with Crippen molar-refractivity contribution in [2.45, 2.75) is 6.42 Å². The van der Waals surface area contributed by atoms with E-state index in [0.29, 0.717) is 24.3 Å². The van der Waals surface area contributed by atoms with Gasteiger partial charge in [-0.25, -0.2) is 0 Å². The molecule has 0 fully saturated rings. The summed E-state index contributed by atoms with van der Waals surface area (Å²) >= 11 is 1.46. The van der Waals surface area contributed by atoms with E-state index in [1.807, 2.05) is 17.5 Å². The maximum absolute atomic E-state index is 11.7. The average Bonchev–Trinajstić information content (AvgIpc) is 3.12. The molecule has 2 heterocycles. The molecule has 2 aromatic heterocycles. The van der Waals surface area contributed by atoms with Gasteiger partial charge in [0.25, 0.3) is 16.4 Å². The molecule has 7 nitrogen and oxygen atoms in total. The van der Waals surface area contributed by atoms with E-state index in [1.54, 1.807) is 0 Å². The molecular weight excluding hydrogens is 294 g/mol. The number of aromatic nitrogens is 1. The normalized spacial score (nSPS) is 11.0. The number of nitrogens with one attached hydrogen (secondary N) is 2. The number of aromatic amines is 1. The zero-order valence-corrected chi connectivity index (χ0v) is 11.6. The SMILES string of the molecule is Nc1c(NCCc2c(-c3cccs3)o[nH]c2=O)c(=O)c1=O. The molecule has 0 aliphatic rings. The average molecular weight is 305 g/mol. The smallest absolute Gasteiger partial charge is 0.283 e. The summed E-state index contributed by atoms with van der Waals surface area (Å²) in [5, 5.41) is 6.97. The van der Waals surface area contributed by atoms with Crippen LogP contribution in [0.3, 0.4) is 0 Å². The standard InChI is InChI=1S/C13H11N3O4S/c14-8-9(11(18)10(8)17)15-4-3-6-12(20-16-13(6)19)7-2-1-5-21-7/h1-2,5,15H,3-4,14H2,(H,16,19). The summed E-state index contributed by atoms with van der Waals surface area (Å²) < 4.78 is 5.18. The monoisotopic (exact) mass is 305 g/mol. The van der Waals surface area contributed by atoms with Crippen LogP contribution >= 0.6 is 11.3 Å². The Morgan fingerprint density at radius 2 is 2.10 bits per heavy atom.